The average molecular weight is 376 g/mol. The fourth-order valence-corrected chi connectivity index (χ4v) is 4.09. The van der Waals surface area contributed by atoms with E-state index in [4.69, 9.17) is 0 Å². The topological polar surface area (TPSA) is 56.8 Å². The van der Waals surface area contributed by atoms with E-state index in [1.807, 2.05) is 18.6 Å². The van der Waals surface area contributed by atoms with E-state index in [9.17, 15) is 0 Å². The van der Waals surface area contributed by atoms with Crippen molar-refractivity contribution < 1.29 is 0 Å². The number of likely N-dealkylation sites (tertiary alicyclic amines) is 1. The molecule has 4 rings (SSSR count). The summed E-state index contributed by atoms with van der Waals surface area (Å²) in [6, 6.07) is 8.50. The molecule has 1 fully saturated rings. The van der Waals surface area contributed by atoms with Crippen LogP contribution in [0, 0.1) is 11.8 Å². The van der Waals surface area contributed by atoms with Crippen molar-refractivity contribution in [1.29, 1.82) is 0 Å². The molecule has 2 aromatic heterocycles. The summed E-state index contributed by atoms with van der Waals surface area (Å²) in [5.74, 6) is 2.04. The van der Waals surface area contributed by atoms with Crippen molar-refractivity contribution in [3.05, 3.63) is 55.1 Å². The number of nitrogens with zero attached hydrogens (tertiary/aromatic N) is 3. The minimum Gasteiger partial charge on any atom is -0.344 e. The van der Waals surface area contributed by atoms with Gasteiger partial charge in [-0.3, -0.25) is 5.10 Å². The van der Waals surface area contributed by atoms with E-state index in [0.717, 1.165) is 46.5 Å². The molecule has 1 aliphatic rings. The van der Waals surface area contributed by atoms with E-state index >= 15 is 0 Å². The van der Waals surface area contributed by atoms with Gasteiger partial charge in [0, 0.05) is 48.0 Å². The number of benzene rings is 1. The van der Waals surface area contributed by atoms with Gasteiger partial charge in [-0.25, -0.2) is 4.98 Å². The Morgan fingerprint density at radius 1 is 1.25 bits per heavy atom. The third-order valence-electron chi connectivity index (χ3n) is 5.46. The van der Waals surface area contributed by atoms with Gasteiger partial charge in [-0.15, -0.1) is 0 Å². The first-order valence-corrected chi connectivity index (χ1v) is 10.2. The maximum absolute atomic E-state index is 4.60. The number of nitrogens with one attached hydrogen (secondary N) is 2. The number of piperidine rings is 1. The van der Waals surface area contributed by atoms with Crippen LogP contribution >= 0.6 is 0 Å². The lowest BCUT2D eigenvalue weighted by Gasteiger charge is -2.34. The number of fused-ring (bicyclic) bond motifs is 1. The van der Waals surface area contributed by atoms with Gasteiger partial charge in [0.2, 0.25) is 0 Å². The first kappa shape index (κ1) is 18.7. The summed E-state index contributed by atoms with van der Waals surface area (Å²) >= 11 is 0. The molecule has 0 saturated carbocycles. The fraction of sp³-hybridized carbons (Fsp3) is 0.391. The Morgan fingerprint density at radius 3 is 2.93 bits per heavy atom. The van der Waals surface area contributed by atoms with Crippen molar-refractivity contribution in [2.24, 2.45) is 11.8 Å². The molecule has 0 amide bonds. The number of aromatic amines is 1. The number of hydrogen-bond donors (Lipinski definition) is 2. The Morgan fingerprint density at radius 2 is 2.14 bits per heavy atom. The van der Waals surface area contributed by atoms with E-state index in [2.05, 4.69) is 70.1 Å². The van der Waals surface area contributed by atoms with Crippen LogP contribution in [0.1, 0.15) is 26.7 Å². The minimum absolute atomic E-state index is 0.474. The first-order chi connectivity index (χ1) is 13.6. The number of aromatic nitrogens is 3. The summed E-state index contributed by atoms with van der Waals surface area (Å²) in [5, 5.41) is 12.7. The predicted octanol–water partition coefficient (Wildman–Crippen LogP) is 4.92. The molecule has 5 nitrogen and oxygen atoms in total. The Labute approximate surface area is 166 Å². The van der Waals surface area contributed by atoms with E-state index in [1.165, 1.54) is 19.4 Å². The maximum Gasteiger partial charge on any atom is 0.130 e. The van der Waals surface area contributed by atoms with Crippen LogP contribution in [0.5, 0.6) is 0 Å². The molecule has 1 aliphatic heterocycles. The van der Waals surface area contributed by atoms with E-state index < -0.39 is 0 Å². The zero-order valence-corrected chi connectivity index (χ0v) is 16.8. The van der Waals surface area contributed by atoms with Crippen LogP contribution in [0.25, 0.3) is 21.9 Å². The molecule has 1 unspecified atom stereocenters. The predicted molar refractivity (Wildman–Crippen MR) is 116 cm³/mol. The lowest BCUT2D eigenvalue weighted by atomic mass is 9.94. The highest BCUT2D eigenvalue weighted by Crippen LogP contribution is 2.27. The van der Waals surface area contributed by atoms with Gasteiger partial charge in [0.15, 0.2) is 0 Å². The number of hydrogen-bond acceptors (Lipinski definition) is 4. The molecular weight excluding hydrogens is 346 g/mol. The molecule has 5 heteroatoms. The molecule has 0 radical (unpaired) electrons. The van der Waals surface area contributed by atoms with Gasteiger partial charge in [-0.1, -0.05) is 32.6 Å². The van der Waals surface area contributed by atoms with Crippen molar-refractivity contribution >= 4 is 16.6 Å². The smallest absolute Gasteiger partial charge is 0.130 e. The van der Waals surface area contributed by atoms with Crippen LogP contribution in [0.4, 0.5) is 5.82 Å². The van der Waals surface area contributed by atoms with Crippen LogP contribution < -0.4 is 5.32 Å². The number of pyridine rings is 1. The van der Waals surface area contributed by atoms with E-state index in [0.29, 0.717) is 11.8 Å². The largest absolute Gasteiger partial charge is 0.344 e. The van der Waals surface area contributed by atoms with Gasteiger partial charge < -0.3 is 10.2 Å². The number of H-pyrrole nitrogens is 1. The van der Waals surface area contributed by atoms with E-state index in [-0.39, 0.29) is 0 Å². The number of rotatable bonds is 6. The van der Waals surface area contributed by atoms with Crippen LogP contribution in [0.3, 0.4) is 0 Å². The second-order valence-electron chi connectivity index (χ2n) is 8.26. The third-order valence-corrected chi connectivity index (χ3v) is 5.46. The van der Waals surface area contributed by atoms with Crippen LogP contribution in [0.15, 0.2) is 55.1 Å². The average Bonchev–Trinajstić information content (AvgIpc) is 3.22. The molecule has 146 valence electrons. The van der Waals surface area contributed by atoms with Crippen molar-refractivity contribution in [2.45, 2.75) is 26.7 Å². The Kier molecular flexibility index (Phi) is 5.44. The summed E-state index contributed by atoms with van der Waals surface area (Å²) in [6.07, 6.45) is 8.11. The van der Waals surface area contributed by atoms with Gasteiger partial charge in [0.1, 0.15) is 5.82 Å². The highest BCUT2D eigenvalue weighted by molar-refractivity contribution is 5.88. The molecule has 3 heterocycles. The molecule has 3 aromatic rings. The van der Waals surface area contributed by atoms with Crippen molar-refractivity contribution in [3.8, 4) is 11.1 Å². The lowest BCUT2D eigenvalue weighted by molar-refractivity contribution is 0.174. The normalized spacial score (nSPS) is 17.9. The Bertz CT molecular complexity index is 945. The summed E-state index contributed by atoms with van der Waals surface area (Å²) in [5.41, 5.74) is 3.31. The zero-order valence-electron chi connectivity index (χ0n) is 16.8. The van der Waals surface area contributed by atoms with Crippen LogP contribution in [-0.2, 0) is 0 Å². The zero-order chi connectivity index (χ0) is 19.5. The van der Waals surface area contributed by atoms with Gasteiger partial charge in [-0.05, 0) is 48.4 Å². The van der Waals surface area contributed by atoms with Crippen molar-refractivity contribution in [1.82, 2.24) is 20.1 Å². The van der Waals surface area contributed by atoms with Gasteiger partial charge in [0.05, 0.1) is 6.20 Å². The molecule has 2 N–H and O–H groups in total. The molecular formula is C23H29N5. The highest BCUT2D eigenvalue weighted by atomic mass is 15.1. The second kappa shape index (κ2) is 8.15. The molecule has 1 atom stereocenters. The third kappa shape index (κ3) is 4.25. The molecule has 0 aliphatic carbocycles. The highest BCUT2D eigenvalue weighted by Gasteiger charge is 2.22. The summed E-state index contributed by atoms with van der Waals surface area (Å²) in [4.78, 5) is 7.16. The molecule has 1 saturated heterocycles. The van der Waals surface area contributed by atoms with Crippen molar-refractivity contribution in [3.63, 3.8) is 0 Å². The SMILES string of the molecule is C=C(Nc1cc2cc(-c3cn[nH]c3)ccc2cn1)C1CCCN(CC(C)C)C1. The maximum atomic E-state index is 4.60. The second-order valence-corrected chi connectivity index (χ2v) is 8.26. The molecule has 1 aromatic carbocycles. The molecule has 0 spiro atoms. The Balaban J connectivity index is 1.48. The van der Waals surface area contributed by atoms with Crippen molar-refractivity contribution in [2.75, 3.05) is 25.0 Å². The van der Waals surface area contributed by atoms with Gasteiger partial charge >= 0.3 is 0 Å². The summed E-state index contributed by atoms with van der Waals surface area (Å²) in [6.45, 7) is 12.4. The summed E-state index contributed by atoms with van der Waals surface area (Å²) < 4.78 is 0. The summed E-state index contributed by atoms with van der Waals surface area (Å²) in [7, 11) is 0. The standard InChI is InChI=1S/C23H29N5/c1-16(2)14-28-8-4-5-20(15-28)17(3)27-23-10-21-9-18(22-12-25-26-13-22)6-7-19(21)11-24-23/h6-7,9-13,16,20H,3-5,8,14-15H2,1-2H3,(H,24,27)(H,25,26). The first-order valence-electron chi connectivity index (χ1n) is 10.2. The minimum atomic E-state index is 0.474. The fourth-order valence-electron chi connectivity index (χ4n) is 4.09. The monoisotopic (exact) mass is 375 g/mol. The molecule has 28 heavy (non-hydrogen) atoms. The van der Waals surface area contributed by atoms with Gasteiger partial charge in [-0.2, -0.15) is 5.10 Å². The van der Waals surface area contributed by atoms with Gasteiger partial charge in [0.25, 0.3) is 0 Å². The lowest BCUT2D eigenvalue weighted by Crippen LogP contribution is -2.39. The Hall–Kier alpha value is -2.66. The quantitative estimate of drug-likeness (QED) is 0.642. The van der Waals surface area contributed by atoms with Crippen LogP contribution in [-0.4, -0.2) is 39.7 Å². The molecule has 0 bridgehead atoms. The number of anilines is 1. The van der Waals surface area contributed by atoms with E-state index in [1.54, 1.807) is 0 Å². The van der Waals surface area contributed by atoms with Crippen LogP contribution in [0.2, 0.25) is 0 Å².